The average Bonchev–Trinajstić information content (AvgIpc) is 2.44. The summed E-state index contributed by atoms with van der Waals surface area (Å²) in [6.07, 6.45) is 0.419. The third kappa shape index (κ3) is 4.28. The number of rotatable bonds is 6. The monoisotopic (exact) mass is 278 g/mol. The molecule has 1 aliphatic rings. The number of nitrogens with zero attached hydrogens (tertiary/aromatic N) is 1. The van der Waals surface area contributed by atoms with Crippen LogP contribution in [-0.4, -0.2) is 53.0 Å². The summed E-state index contributed by atoms with van der Waals surface area (Å²) in [4.78, 5) is 2.45. The summed E-state index contributed by atoms with van der Waals surface area (Å²) in [5.74, 6) is 0. The van der Waals surface area contributed by atoms with Crippen LogP contribution in [0, 0.1) is 0 Å². The van der Waals surface area contributed by atoms with Crippen LogP contribution in [0.4, 0.5) is 0 Å². The second kappa shape index (κ2) is 6.68. The van der Waals surface area contributed by atoms with Gasteiger partial charge in [0, 0.05) is 31.7 Å². The Kier molecular flexibility index (Phi) is 5.16. The van der Waals surface area contributed by atoms with Crippen molar-refractivity contribution in [2.45, 2.75) is 38.5 Å². The molecule has 0 aliphatic carbocycles. The topological polar surface area (TPSA) is 55.7 Å². The Hall–Kier alpha value is -0.940. The Morgan fingerprint density at radius 1 is 1.30 bits per heavy atom. The Bertz CT molecular complexity index is 434. The molecule has 1 aliphatic heterocycles. The molecule has 0 bridgehead atoms. The zero-order chi connectivity index (χ0) is 14.6. The van der Waals surface area contributed by atoms with E-state index in [9.17, 15) is 5.11 Å². The van der Waals surface area contributed by atoms with Gasteiger partial charge in [0.25, 0.3) is 0 Å². The first-order valence-electron chi connectivity index (χ1n) is 7.33. The second-order valence-electron chi connectivity index (χ2n) is 6.33. The number of aliphatic hydroxyl groups excluding tert-OH is 2. The fourth-order valence-corrected chi connectivity index (χ4v) is 2.76. The smallest absolute Gasteiger partial charge is 0.0895 e. The van der Waals surface area contributed by atoms with Crippen LogP contribution in [0.1, 0.15) is 25.0 Å². The van der Waals surface area contributed by atoms with Crippen LogP contribution in [0.2, 0.25) is 0 Å². The van der Waals surface area contributed by atoms with E-state index in [4.69, 9.17) is 5.11 Å². The van der Waals surface area contributed by atoms with Gasteiger partial charge in [-0.05, 0) is 31.4 Å². The molecule has 1 aromatic carbocycles. The van der Waals surface area contributed by atoms with Gasteiger partial charge >= 0.3 is 0 Å². The van der Waals surface area contributed by atoms with E-state index < -0.39 is 6.10 Å². The van der Waals surface area contributed by atoms with Gasteiger partial charge in [-0.3, -0.25) is 4.90 Å². The highest BCUT2D eigenvalue weighted by Crippen LogP contribution is 2.20. The molecule has 0 saturated carbocycles. The molecule has 0 spiro atoms. The van der Waals surface area contributed by atoms with Crippen LogP contribution in [0.15, 0.2) is 24.3 Å². The molecule has 0 amide bonds. The van der Waals surface area contributed by atoms with E-state index in [0.717, 1.165) is 26.1 Å². The molecule has 2 rings (SSSR count). The lowest BCUT2D eigenvalue weighted by molar-refractivity contribution is 0.0826. The number of β-amino-alcohol motifs (C(OH)–C–C–N with tert-alkyl or cyclic N) is 1. The maximum Gasteiger partial charge on any atom is 0.0895 e. The van der Waals surface area contributed by atoms with Crippen molar-refractivity contribution >= 4 is 0 Å². The van der Waals surface area contributed by atoms with Crippen LogP contribution >= 0.6 is 0 Å². The fourth-order valence-electron chi connectivity index (χ4n) is 2.76. The molecule has 1 heterocycles. The van der Waals surface area contributed by atoms with Gasteiger partial charge in [0.1, 0.15) is 0 Å². The first kappa shape index (κ1) is 15.4. The predicted octanol–water partition coefficient (Wildman–Crippen LogP) is 0.766. The van der Waals surface area contributed by atoms with Gasteiger partial charge in [0.2, 0.25) is 0 Å². The Labute approximate surface area is 121 Å². The van der Waals surface area contributed by atoms with Crippen molar-refractivity contribution in [2.75, 3.05) is 26.2 Å². The van der Waals surface area contributed by atoms with Gasteiger partial charge in [0.05, 0.1) is 12.7 Å². The molecule has 1 aromatic rings. The number of hydrogen-bond acceptors (Lipinski definition) is 4. The zero-order valence-electron chi connectivity index (χ0n) is 12.5. The lowest BCUT2D eigenvalue weighted by Crippen LogP contribution is -2.52. The van der Waals surface area contributed by atoms with Crippen molar-refractivity contribution in [1.29, 1.82) is 0 Å². The lowest BCUT2D eigenvalue weighted by atomic mass is 9.97. The number of hydrogen-bond donors (Lipinski definition) is 3. The third-order valence-corrected chi connectivity index (χ3v) is 3.86. The maximum absolute atomic E-state index is 9.43. The van der Waals surface area contributed by atoms with Crippen LogP contribution in [0.25, 0.3) is 0 Å². The minimum Gasteiger partial charge on any atom is -0.394 e. The van der Waals surface area contributed by atoms with E-state index in [0.29, 0.717) is 6.54 Å². The Balaban J connectivity index is 1.87. The molecule has 20 heavy (non-hydrogen) atoms. The van der Waals surface area contributed by atoms with Crippen molar-refractivity contribution in [3.63, 3.8) is 0 Å². The van der Waals surface area contributed by atoms with Crippen LogP contribution in [0.5, 0.6) is 0 Å². The van der Waals surface area contributed by atoms with Crippen LogP contribution in [-0.2, 0) is 13.0 Å². The summed E-state index contributed by atoms with van der Waals surface area (Å²) >= 11 is 0. The predicted molar refractivity (Wildman–Crippen MR) is 80.6 cm³/mol. The number of nitrogens with one attached hydrogen (secondary N) is 1. The summed E-state index contributed by atoms with van der Waals surface area (Å²) in [5, 5.41) is 21.6. The summed E-state index contributed by atoms with van der Waals surface area (Å²) in [6, 6.07) is 8.63. The van der Waals surface area contributed by atoms with Crippen molar-refractivity contribution in [2.24, 2.45) is 0 Å². The molecule has 3 N–H and O–H groups in total. The minimum atomic E-state index is -0.684. The van der Waals surface area contributed by atoms with Gasteiger partial charge in [0.15, 0.2) is 0 Å². The van der Waals surface area contributed by atoms with Gasteiger partial charge in [-0.25, -0.2) is 0 Å². The number of fused-ring (bicyclic) bond motifs is 1. The normalized spacial score (nSPS) is 17.8. The number of benzene rings is 1. The van der Waals surface area contributed by atoms with E-state index in [1.807, 2.05) is 0 Å². The molecule has 4 heteroatoms. The number of aliphatic hydroxyl groups is 2. The molecule has 0 aromatic heterocycles. The summed E-state index contributed by atoms with van der Waals surface area (Å²) in [7, 11) is 0. The molecule has 0 unspecified atom stereocenters. The average molecular weight is 278 g/mol. The SMILES string of the molecule is CC(C)(CN1CCc2ccccc2C1)NC[C@@H](O)CO. The molecule has 112 valence electrons. The Morgan fingerprint density at radius 3 is 2.70 bits per heavy atom. The highest BCUT2D eigenvalue weighted by atomic mass is 16.3. The van der Waals surface area contributed by atoms with E-state index in [2.05, 4.69) is 48.3 Å². The maximum atomic E-state index is 9.43. The molecule has 1 atom stereocenters. The fraction of sp³-hybridized carbons (Fsp3) is 0.625. The second-order valence-corrected chi connectivity index (χ2v) is 6.33. The van der Waals surface area contributed by atoms with Gasteiger partial charge in [-0.2, -0.15) is 0 Å². The summed E-state index contributed by atoms with van der Waals surface area (Å²) < 4.78 is 0. The Morgan fingerprint density at radius 2 is 2.00 bits per heavy atom. The van der Waals surface area contributed by atoms with Gasteiger partial charge in [-0.1, -0.05) is 24.3 Å². The standard InChI is InChI=1S/C16H26N2O2/c1-16(2,17-9-15(20)11-19)12-18-8-7-13-5-3-4-6-14(13)10-18/h3-6,15,17,19-20H,7-12H2,1-2H3/t15-/m1/s1. The minimum absolute atomic E-state index is 0.0809. The van der Waals surface area contributed by atoms with Crippen molar-refractivity contribution in [3.8, 4) is 0 Å². The lowest BCUT2D eigenvalue weighted by Gasteiger charge is -2.36. The molecular formula is C16H26N2O2. The molecule has 0 fully saturated rings. The molecular weight excluding hydrogens is 252 g/mol. The van der Waals surface area contributed by atoms with E-state index in [-0.39, 0.29) is 12.1 Å². The van der Waals surface area contributed by atoms with E-state index in [1.165, 1.54) is 11.1 Å². The first-order valence-corrected chi connectivity index (χ1v) is 7.33. The first-order chi connectivity index (χ1) is 9.50. The van der Waals surface area contributed by atoms with E-state index >= 15 is 0 Å². The third-order valence-electron chi connectivity index (χ3n) is 3.86. The molecule has 0 radical (unpaired) electrons. The van der Waals surface area contributed by atoms with E-state index in [1.54, 1.807) is 0 Å². The van der Waals surface area contributed by atoms with Crippen molar-refractivity contribution < 1.29 is 10.2 Å². The summed E-state index contributed by atoms with van der Waals surface area (Å²) in [6.45, 7) is 7.50. The van der Waals surface area contributed by atoms with Gasteiger partial charge in [-0.15, -0.1) is 0 Å². The van der Waals surface area contributed by atoms with Gasteiger partial charge < -0.3 is 15.5 Å². The van der Waals surface area contributed by atoms with Crippen LogP contribution in [0.3, 0.4) is 0 Å². The quantitative estimate of drug-likeness (QED) is 0.719. The van der Waals surface area contributed by atoms with Crippen molar-refractivity contribution in [1.82, 2.24) is 10.2 Å². The van der Waals surface area contributed by atoms with Crippen LogP contribution < -0.4 is 5.32 Å². The molecule has 0 saturated heterocycles. The zero-order valence-corrected chi connectivity index (χ0v) is 12.5. The highest BCUT2D eigenvalue weighted by molar-refractivity contribution is 5.29. The van der Waals surface area contributed by atoms with Crippen molar-refractivity contribution in [3.05, 3.63) is 35.4 Å². The largest absolute Gasteiger partial charge is 0.394 e. The molecule has 4 nitrogen and oxygen atoms in total. The summed E-state index contributed by atoms with van der Waals surface area (Å²) in [5.41, 5.74) is 2.80. The highest BCUT2D eigenvalue weighted by Gasteiger charge is 2.24.